The summed E-state index contributed by atoms with van der Waals surface area (Å²) in [7, 11) is 0. The van der Waals surface area contributed by atoms with E-state index in [4.69, 9.17) is 29.5 Å². The minimum absolute atomic E-state index is 0.0140. The van der Waals surface area contributed by atoms with Crippen LogP contribution in [0.15, 0.2) is 58.4 Å². The van der Waals surface area contributed by atoms with Gasteiger partial charge in [-0.1, -0.05) is 13.0 Å². The van der Waals surface area contributed by atoms with Gasteiger partial charge in [-0.3, -0.25) is 4.79 Å². The second kappa shape index (κ2) is 16.8. The van der Waals surface area contributed by atoms with Crippen molar-refractivity contribution in [2.75, 3.05) is 6.54 Å². The molecule has 62 heavy (non-hydrogen) atoms. The number of carboxylic acids is 1. The quantitative estimate of drug-likeness (QED) is 0.0388. The van der Waals surface area contributed by atoms with Crippen LogP contribution in [0.5, 0.6) is 5.75 Å². The molecule has 0 bridgehead atoms. The molecule has 0 saturated carbocycles. The Bertz CT molecular complexity index is 2750. The predicted molar refractivity (Wildman–Crippen MR) is 219 cm³/mol. The van der Waals surface area contributed by atoms with E-state index in [1.807, 2.05) is 38.1 Å². The molecule has 1 fully saturated rings. The summed E-state index contributed by atoms with van der Waals surface area (Å²) in [6.07, 6.45) is -9.32. The summed E-state index contributed by atoms with van der Waals surface area (Å²) in [5, 5.41) is 56.9. The van der Waals surface area contributed by atoms with Gasteiger partial charge >= 0.3 is 285 Å². The number of carboxylic acid groups (broad SMARTS) is 1. The molecule has 0 radical (unpaired) electrons. The zero-order chi connectivity index (χ0) is 44.2. The fourth-order valence-electron chi connectivity index (χ4n) is 8.29. The fraction of sp³-hybridized carbons (Fsp3) is 0.405. The second-order valence-corrected chi connectivity index (χ2v) is 17.9. The van der Waals surface area contributed by atoms with Crippen molar-refractivity contribution in [1.82, 2.24) is 14.5 Å². The number of aromatic nitrogens is 2. The Labute approximate surface area is 358 Å². The summed E-state index contributed by atoms with van der Waals surface area (Å²) in [5.74, 6) is -2.22. The van der Waals surface area contributed by atoms with Gasteiger partial charge in [0.15, 0.2) is 5.60 Å². The summed E-state index contributed by atoms with van der Waals surface area (Å²) in [6.45, 7) is 5.42. The van der Waals surface area contributed by atoms with Crippen molar-refractivity contribution in [3.63, 3.8) is 0 Å². The van der Waals surface area contributed by atoms with Crippen LogP contribution in [0.2, 0.25) is 0 Å². The molecule has 1 amide bonds. The number of azide groups is 1. The van der Waals surface area contributed by atoms with E-state index >= 15 is 0 Å². The van der Waals surface area contributed by atoms with Crippen LogP contribution >= 0.6 is 0 Å². The standard InChI is InChI=1S/C42H42N6O13Se/c1-4-42(57)27-14-29-31-25(16-48(29)37(52)26(27)18-58-40(42)55)22(23-7-5-6-8-28(23)45-31)11-12-47(19(2)3)41(56)59-17-20-9-10-30(24-13-21(15-44-46-43)62-36(20)24)60-39-34(51)32(49)33(50)35(61-39)38(53)54/h5-10,13-14,19,32-35,39,49-51,57H,4,11-12,15-18H2,1-3H3,(H,53,54)/t32-,33-,34+,35-,39+,42+/m0/s1. The molecule has 3 aromatic heterocycles. The van der Waals surface area contributed by atoms with Gasteiger partial charge in [-0.2, -0.15) is 0 Å². The van der Waals surface area contributed by atoms with Gasteiger partial charge in [-0.05, 0) is 12.5 Å². The normalized spacial score (nSPS) is 22.7. The molecule has 0 aliphatic carbocycles. The van der Waals surface area contributed by atoms with Gasteiger partial charge in [0, 0.05) is 5.56 Å². The molecular formula is C42H42N6O13Se. The third-order valence-corrected chi connectivity index (χ3v) is 14.2. The number of cyclic esters (lactones) is 1. The minimum atomic E-state index is -1.97. The predicted octanol–water partition coefficient (Wildman–Crippen LogP) is 2.96. The number of aliphatic hydroxyl groups excluding tert-OH is 3. The van der Waals surface area contributed by atoms with Crippen LogP contribution in [0.4, 0.5) is 4.79 Å². The summed E-state index contributed by atoms with van der Waals surface area (Å²) in [5.41, 5.74) is 11.0. The van der Waals surface area contributed by atoms with Crippen molar-refractivity contribution in [3.8, 4) is 17.1 Å². The monoisotopic (exact) mass is 918 g/mol. The number of hydrogen-bond donors (Lipinski definition) is 5. The number of esters is 1. The van der Waals surface area contributed by atoms with Gasteiger partial charge in [0.2, 0.25) is 0 Å². The first-order chi connectivity index (χ1) is 29.7. The number of hydrogen-bond acceptors (Lipinski definition) is 14. The number of para-hydroxylation sites is 1. The molecule has 5 aromatic rings. The Hall–Kier alpha value is -5.82. The number of rotatable bonds is 12. The Balaban J connectivity index is 1.05. The summed E-state index contributed by atoms with van der Waals surface area (Å²) in [4.78, 5) is 61.6. The Kier molecular flexibility index (Phi) is 11.6. The molecule has 0 unspecified atom stereocenters. The molecular weight excluding hydrogens is 875 g/mol. The van der Waals surface area contributed by atoms with Crippen LogP contribution in [-0.2, 0) is 62.1 Å². The van der Waals surface area contributed by atoms with E-state index in [2.05, 4.69) is 10.0 Å². The number of fused-ring (bicyclic) bond motifs is 6. The van der Waals surface area contributed by atoms with Crippen molar-refractivity contribution in [3.05, 3.63) is 102 Å². The molecule has 0 spiro atoms. The number of aliphatic carboxylic acids is 1. The maximum absolute atomic E-state index is 13.9. The summed E-state index contributed by atoms with van der Waals surface area (Å²) < 4.78 is 25.5. The zero-order valence-corrected chi connectivity index (χ0v) is 35.3. The van der Waals surface area contributed by atoms with Gasteiger partial charge in [-0.15, -0.1) is 0 Å². The first-order valence-corrected chi connectivity index (χ1v) is 21.5. The Morgan fingerprint density at radius 2 is 1.87 bits per heavy atom. The van der Waals surface area contributed by atoms with E-state index in [1.165, 1.54) is 6.07 Å². The third-order valence-electron chi connectivity index (χ3n) is 11.6. The molecule has 5 N–H and O–H groups in total. The zero-order valence-electron chi connectivity index (χ0n) is 33.6. The second-order valence-electron chi connectivity index (χ2n) is 15.5. The fourth-order valence-corrected chi connectivity index (χ4v) is 10.6. The average Bonchev–Trinajstić information content (AvgIpc) is 3.86. The molecule has 1 saturated heterocycles. The first-order valence-electron chi connectivity index (χ1n) is 19.8. The van der Waals surface area contributed by atoms with E-state index in [-0.39, 0.29) is 67.7 Å². The van der Waals surface area contributed by atoms with Crippen LogP contribution < -0.4 is 10.3 Å². The summed E-state index contributed by atoms with van der Waals surface area (Å²) in [6, 6.07) is 13.8. The number of amides is 1. The number of pyridine rings is 2. The van der Waals surface area contributed by atoms with Crippen molar-refractivity contribution in [2.45, 2.75) is 102 Å². The molecule has 20 heteroatoms. The Morgan fingerprint density at radius 3 is 2.60 bits per heavy atom. The maximum atomic E-state index is 13.9. The van der Waals surface area contributed by atoms with Crippen molar-refractivity contribution in [1.29, 1.82) is 0 Å². The van der Waals surface area contributed by atoms with Crippen molar-refractivity contribution < 1.29 is 58.9 Å². The van der Waals surface area contributed by atoms with E-state index in [1.54, 1.807) is 34.6 Å². The van der Waals surface area contributed by atoms with Crippen LogP contribution in [-0.4, -0.2) is 116 Å². The molecule has 8 rings (SSSR count). The Morgan fingerprint density at radius 1 is 1.10 bits per heavy atom. The van der Waals surface area contributed by atoms with Gasteiger partial charge in [0.1, 0.15) is 6.61 Å². The summed E-state index contributed by atoms with van der Waals surface area (Å²) >= 11 is -0.424. The van der Waals surface area contributed by atoms with E-state index in [0.717, 1.165) is 21.0 Å². The number of aliphatic hydroxyl groups is 4. The van der Waals surface area contributed by atoms with Crippen LogP contribution in [0.25, 0.3) is 42.4 Å². The molecule has 6 atom stereocenters. The van der Waals surface area contributed by atoms with Crippen LogP contribution in [0.1, 0.15) is 59.4 Å². The topological polar surface area (TPSA) is 276 Å². The van der Waals surface area contributed by atoms with E-state index in [0.29, 0.717) is 38.5 Å². The SMILES string of the molecule is CC[C@]1(O)C(=O)OCc2c1cc1n(c2=O)Cc2c-1nc1ccccc1c2CCN(C(=O)OCc1ccc(O[C@@H]2O[C@H](C(=O)O)[C@@H](O)[C@H](O)[C@H]2O)c2cc(CN=[N+]=[N-])[se]c12)C(C)C. The van der Waals surface area contributed by atoms with Crippen LogP contribution in [0, 0.1) is 0 Å². The molecule has 3 aliphatic rings. The van der Waals surface area contributed by atoms with E-state index in [9.17, 15) is 44.7 Å². The van der Waals surface area contributed by atoms with Crippen LogP contribution in [0.3, 0.4) is 0 Å². The van der Waals surface area contributed by atoms with E-state index < -0.39 is 68.8 Å². The molecule has 19 nitrogen and oxygen atoms in total. The molecule has 2 aromatic carbocycles. The number of nitrogens with zero attached hydrogens (tertiary/aromatic N) is 6. The number of ether oxygens (including phenoxy) is 4. The third kappa shape index (κ3) is 7.37. The number of carbonyl (C=O) groups is 3. The molecule has 6 heterocycles. The van der Waals surface area contributed by atoms with Gasteiger partial charge in [-0.25, -0.2) is 4.79 Å². The van der Waals surface area contributed by atoms with Crippen molar-refractivity contribution >= 4 is 53.1 Å². The van der Waals surface area contributed by atoms with Gasteiger partial charge in [0.05, 0.1) is 5.56 Å². The first kappa shape index (κ1) is 42.9. The van der Waals surface area contributed by atoms with Gasteiger partial charge < -0.3 is 9.84 Å². The van der Waals surface area contributed by atoms with Crippen molar-refractivity contribution in [2.24, 2.45) is 5.11 Å². The molecule has 324 valence electrons. The average molecular weight is 918 g/mol. The molecule has 3 aliphatic heterocycles. The number of benzene rings is 2. The number of carbonyl (C=O) groups excluding carboxylic acids is 2. The van der Waals surface area contributed by atoms with Gasteiger partial charge in [0.25, 0.3) is 5.56 Å².